The molecule has 0 spiro atoms. The van der Waals surface area contributed by atoms with Gasteiger partial charge in [0, 0.05) is 99.7 Å². The predicted octanol–water partition coefficient (Wildman–Crippen LogP) is 24.8. The number of hydrogen-bond donors (Lipinski definition) is 0. The second-order valence-corrected chi connectivity index (χ2v) is 26.7. The minimum Gasteiger partial charge on any atom is -0.311 e. The van der Waals surface area contributed by atoms with Gasteiger partial charge in [-0.2, -0.15) is 0 Å². The molecule has 6 nitrogen and oxygen atoms in total. The minimum absolute atomic E-state index is 0.0556. The van der Waals surface area contributed by atoms with Crippen molar-refractivity contribution in [2.24, 2.45) is 0 Å². The molecule has 0 aliphatic carbocycles. The summed E-state index contributed by atoms with van der Waals surface area (Å²) in [6.45, 7) is -0.861. The number of para-hydroxylation sites is 10. The number of benzene rings is 17. The van der Waals surface area contributed by atoms with Crippen LogP contribution < -0.4 is 26.2 Å². The highest BCUT2D eigenvalue weighted by Crippen LogP contribution is 2.50. The average molecular weight is 1420 g/mol. The van der Waals surface area contributed by atoms with E-state index in [-0.39, 0.29) is 98.6 Å². The Hall–Kier alpha value is -14.4. The van der Waals surface area contributed by atoms with Crippen LogP contribution in [0.4, 0.5) is 34.1 Å². The molecule has 0 saturated carbocycles. The van der Waals surface area contributed by atoms with E-state index in [0.29, 0.717) is 106 Å². The Labute approximate surface area is 675 Å². The molecule has 17 aromatic carbocycles. The Morgan fingerprint density at radius 3 is 0.789 bits per heavy atom. The third-order valence-corrected chi connectivity index (χ3v) is 21.2. The fourth-order valence-corrected chi connectivity index (χ4v) is 16.6. The second kappa shape index (κ2) is 24.1. The molecule has 0 bridgehead atoms. The van der Waals surface area contributed by atoms with Gasteiger partial charge in [0.1, 0.15) is 0 Å². The van der Waals surface area contributed by atoms with Gasteiger partial charge in [0.15, 0.2) is 0 Å². The van der Waals surface area contributed by atoms with E-state index >= 15 is 0 Å². The predicted molar refractivity (Wildman–Crippen MR) is 460 cm³/mol. The van der Waals surface area contributed by atoms with Gasteiger partial charge in [-0.15, -0.1) is 0 Å². The van der Waals surface area contributed by atoms with Crippen molar-refractivity contribution in [2.45, 2.75) is 0 Å². The highest BCUT2D eigenvalue weighted by molar-refractivity contribution is 7.00. The fourth-order valence-electron chi connectivity index (χ4n) is 16.6. The van der Waals surface area contributed by atoms with E-state index < -0.39 is 200 Å². The van der Waals surface area contributed by atoms with Crippen molar-refractivity contribution in [1.82, 2.24) is 18.3 Å². The van der Waals surface area contributed by atoms with Crippen LogP contribution in [-0.4, -0.2) is 25.0 Å². The number of hydrogen-bond acceptors (Lipinski definition) is 2. The topological polar surface area (TPSA) is 26.2 Å². The zero-order valence-electron chi connectivity index (χ0n) is 88.8. The number of aromatic nitrogens is 4. The molecule has 6 heterocycles. The van der Waals surface area contributed by atoms with Crippen LogP contribution >= 0.6 is 0 Å². The summed E-state index contributed by atoms with van der Waals surface area (Å²) in [5.74, 6) is 0. The molecular weight excluding hydrogens is 1320 g/mol. The molecule has 0 amide bonds. The Morgan fingerprint density at radius 2 is 0.468 bits per heavy atom. The largest absolute Gasteiger partial charge is 0.311 e. The standard InChI is InChI=1S/C102H65BN6/c1-11-38-88(76(28-1)68-54-50-66(51-55-68)70-24-21-26-72(62-70)104-90-40-13-3-30-78(90)79-31-4-14-41-91(79)104)108-98-48-23-49-99-102(98)103(86-60-58-74(64-100(86)108)106-94-44-17-7-34-82(94)83-35-8-18-45-95(83)106)87-61-59-75(107-96-46-19-9-36-84(96)85-37-10-20-47-97(85)107)65-101(87)109(99)89-39-12-2-29-77(89)69-56-52-67(53-57-69)71-25-22-27-73(63-71)105-92-42-15-5-32-80(92)81-33-6-16-43-93(81)105/h1-65H/i3D,4D,5D,6D,7D,8D,9D,10D,13D,14D,15D,16D,17D,18D,19D,20D,30D,31D,32D,33D,34D,35D,36D,37D,40D,41D,42D,43D,44D,45D,46D,47D. The molecule has 109 heavy (non-hydrogen) atoms. The van der Waals surface area contributed by atoms with Crippen LogP contribution in [0.1, 0.15) is 43.9 Å². The van der Waals surface area contributed by atoms with Crippen molar-refractivity contribution in [3.63, 3.8) is 0 Å². The third kappa shape index (κ3) is 9.24. The third-order valence-electron chi connectivity index (χ3n) is 21.2. The zero-order valence-corrected chi connectivity index (χ0v) is 56.8. The molecule has 0 unspecified atom stereocenters. The van der Waals surface area contributed by atoms with Crippen LogP contribution in [0.5, 0.6) is 0 Å². The maximum absolute atomic E-state index is 9.73. The lowest BCUT2D eigenvalue weighted by atomic mass is 9.33. The van der Waals surface area contributed by atoms with Crippen LogP contribution in [0.25, 0.3) is 154 Å². The van der Waals surface area contributed by atoms with E-state index in [0.717, 1.165) is 0 Å². The first kappa shape index (κ1) is 37.5. The summed E-state index contributed by atoms with van der Waals surface area (Å²) >= 11 is 0. The number of fused-ring (bicyclic) bond motifs is 16. The summed E-state index contributed by atoms with van der Waals surface area (Å²) in [7, 11) is 0. The molecule has 0 atom stereocenters. The van der Waals surface area contributed by atoms with Gasteiger partial charge in [-0.3, -0.25) is 0 Å². The molecule has 506 valence electrons. The lowest BCUT2D eigenvalue weighted by Crippen LogP contribution is -2.61. The van der Waals surface area contributed by atoms with Gasteiger partial charge in [-0.05, 0) is 171 Å². The van der Waals surface area contributed by atoms with Gasteiger partial charge in [0.05, 0.1) is 99.4 Å². The van der Waals surface area contributed by atoms with Crippen LogP contribution in [0.2, 0.25) is 0 Å². The number of anilines is 6. The molecular formula is C102H65BN6. The normalized spacial score (nSPS) is 16.6. The average Bonchev–Trinajstić information content (AvgIpc) is 1.55. The van der Waals surface area contributed by atoms with Gasteiger partial charge in [0.2, 0.25) is 0 Å². The van der Waals surface area contributed by atoms with Crippen LogP contribution in [0.15, 0.2) is 394 Å². The van der Waals surface area contributed by atoms with E-state index in [1.54, 1.807) is 60.7 Å². The number of nitrogens with zero attached hydrogens (tertiary/aromatic N) is 6. The van der Waals surface area contributed by atoms with Crippen molar-refractivity contribution < 1.29 is 43.9 Å². The van der Waals surface area contributed by atoms with Crippen molar-refractivity contribution in [3.8, 4) is 67.3 Å². The lowest BCUT2D eigenvalue weighted by Gasteiger charge is -2.45. The molecule has 23 rings (SSSR count). The highest BCUT2D eigenvalue weighted by atomic mass is 15.2. The number of rotatable bonds is 10. The molecule has 0 radical (unpaired) electrons. The van der Waals surface area contributed by atoms with Crippen molar-refractivity contribution >= 4 is 144 Å². The van der Waals surface area contributed by atoms with Gasteiger partial charge in [0.25, 0.3) is 6.71 Å². The summed E-state index contributed by atoms with van der Waals surface area (Å²) in [6.07, 6.45) is 0. The first-order valence-corrected chi connectivity index (χ1v) is 35.1. The van der Waals surface area contributed by atoms with E-state index in [1.807, 2.05) is 140 Å². The van der Waals surface area contributed by atoms with Gasteiger partial charge >= 0.3 is 0 Å². The van der Waals surface area contributed by atoms with E-state index in [1.165, 1.54) is 18.3 Å². The monoisotopic (exact) mass is 1420 g/mol. The van der Waals surface area contributed by atoms with Gasteiger partial charge in [-0.1, -0.05) is 272 Å². The summed E-state index contributed by atoms with van der Waals surface area (Å²) < 4.78 is 299. The molecule has 4 aromatic heterocycles. The van der Waals surface area contributed by atoms with Crippen molar-refractivity contribution in [2.75, 3.05) is 9.80 Å². The van der Waals surface area contributed by atoms with E-state index in [4.69, 9.17) is 21.9 Å². The van der Waals surface area contributed by atoms with Crippen LogP contribution in [0, 0.1) is 0 Å². The SMILES string of the molecule is [2H]c1c([2H])c([2H])c2c(c1[2H])c1c([2H])c([2H])c([2H])c([2H])c1n2-c1cccc(-c2ccc(-c3ccccc3N3c4cc(-n5c6c([2H])c([2H])c([2H])c([2H])c6c6c([2H])c([2H])c([2H])c([2H])c65)ccc4B4c5ccc(-n6c7c([2H])c([2H])c([2H])c([2H])c7c7c([2H])c([2H])c([2H])c([2H])c76)cc5N(c5ccccc5-c5ccc(-c6cccc(-n7c8c([2H])c([2H])c([2H])c([2H])c8c8c([2H])c([2H])c([2H])c([2H])c87)c6)cc5)c5cccc3c54)cc2)c1. The minimum atomic E-state index is -0.861. The highest BCUT2D eigenvalue weighted by Gasteiger charge is 2.44. The van der Waals surface area contributed by atoms with Crippen LogP contribution in [-0.2, 0) is 0 Å². The maximum Gasteiger partial charge on any atom is 0.252 e. The maximum atomic E-state index is 9.73. The van der Waals surface area contributed by atoms with Crippen LogP contribution in [0.3, 0.4) is 0 Å². The van der Waals surface area contributed by atoms with E-state index in [2.05, 4.69) is 9.80 Å². The van der Waals surface area contributed by atoms with E-state index in [9.17, 15) is 21.9 Å². The summed E-state index contributed by atoms with van der Waals surface area (Å²) in [5, 5.41) is -0.979. The summed E-state index contributed by atoms with van der Waals surface area (Å²) in [6, 6.07) is 43.0. The lowest BCUT2D eigenvalue weighted by molar-refractivity contribution is 1.17. The van der Waals surface area contributed by atoms with Crippen molar-refractivity contribution in [1.29, 1.82) is 0 Å². The summed E-state index contributed by atoms with van der Waals surface area (Å²) in [5.41, 5.74) is 10.3. The molecule has 2 aliphatic rings. The van der Waals surface area contributed by atoms with Gasteiger partial charge in [-0.25, -0.2) is 0 Å². The second-order valence-electron chi connectivity index (χ2n) is 26.7. The molecule has 7 heteroatoms. The quantitative estimate of drug-likeness (QED) is 0.128. The molecule has 0 saturated heterocycles. The Bertz CT molecular complexity index is 8540. The fraction of sp³-hybridized carbons (Fsp3) is 0. The molecule has 2 aliphatic heterocycles. The zero-order chi connectivity index (χ0) is 99.2. The molecule has 0 fully saturated rings. The Kier molecular flexibility index (Phi) is 8.29. The van der Waals surface area contributed by atoms with Gasteiger partial charge < -0.3 is 28.1 Å². The molecule has 21 aromatic rings. The smallest absolute Gasteiger partial charge is 0.252 e. The Morgan fingerprint density at radius 1 is 0.202 bits per heavy atom. The molecule has 0 N–H and O–H groups in total. The first-order chi connectivity index (χ1) is 67.4. The van der Waals surface area contributed by atoms with Crippen molar-refractivity contribution in [3.05, 3.63) is 394 Å². The Balaban J connectivity index is 0.750. The first-order valence-electron chi connectivity index (χ1n) is 51.1. The summed E-state index contributed by atoms with van der Waals surface area (Å²) in [4.78, 5) is 4.12.